The maximum Gasteiger partial charge on any atom is 0.416 e. The fraction of sp³-hybridized carbons (Fsp3) is 0.364. The van der Waals surface area contributed by atoms with Crippen LogP contribution in [0.5, 0.6) is 0 Å². The second kappa shape index (κ2) is 10.9. The Morgan fingerprint density at radius 3 is 2.53 bits per heavy atom. The van der Waals surface area contributed by atoms with Crippen molar-refractivity contribution in [1.29, 1.82) is 0 Å². The maximum absolute atomic E-state index is 13.3. The van der Waals surface area contributed by atoms with Gasteiger partial charge >= 0.3 is 6.09 Å². The van der Waals surface area contributed by atoms with Crippen molar-refractivity contribution in [3.63, 3.8) is 0 Å². The van der Waals surface area contributed by atoms with Crippen LogP contribution in [0.1, 0.15) is 25.7 Å². The number of hydrogen-bond acceptors (Lipinski definition) is 8. The molecule has 4 heterocycles. The molecule has 0 bridgehead atoms. The lowest BCUT2D eigenvalue weighted by Crippen LogP contribution is -2.39. The highest BCUT2D eigenvalue weighted by atomic mass is 35.5. The van der Waals surface area contributed by atoms with Crippen LogP contribution < -0.4 is 10.2 Å². The summed E-state index contributed by atoms with van der Waals surface area (Å²) in [5.74, 6) is 1.07. The van der Waals surface area contributed by atoms with Gasteiger partial charge in [-0.25, -0.2) is 9.78 Å². The van der Waals surface area contributed by atoms with Gasteiger partial charge in [-0.2, -0.15) is 9.49 Å². The Labute approximate surface area is 208 Å². The van der Waals surface area contributed by atoms with Gasteiger partial charge in [0, 0.05) is 12.7 Å². The molecule has 2 aliphatic rings. The lowest BCUT2D eigenvalue weighted by atomic mass is 9.78. The van der Waals surface area contributed by atoms with Crippen molar-refractivity contribution in [2.24, 2.45) is 5.92 Å². The molecule has 0 aromatic carbocycles. The molecule has 34 heavy (non-hydrogen) atoms. The van der Waals surface area contributed by atoms with E-state index in [-0.39, 0.29) is 30.9 Å². The van der Waals surface area contributed by atoms with Crippen LogP contribution in [0, 0.1) is 11.9 Å². The van der Waals surface area contributed by atoms with Gasteiger partial charge in [0.25, 0.3) is 0 Å². The highest BCUT2D eigenvalue weighted by Gasteiger charge is 2.48. The van der Waals surface area contributed by atoms with Crippen LogP contribution in [-0.4, -0.2) is 50.2 Å². The molecule has 3 aromatic heterocycles. The van der Waals surface area contributed by atoms with Crippen LogP contribution in [0.25, 0.3) is 11.4 Å². The van der Waals surface area contributed by atoms with Gasteiger partial charge in [-0.1, -0.05) is 6.07 Å². The van der Waals surface area contributed by atoms with Gasteiger partial charge in [0.2, 0.25) is 5.95 Å². The maximum atomic E-state index is 13.3. The Kier molecular flexibility index (Phi) is 8.16. The first-order valence-corrected chi connectivity index (χ1v) is 10.6. The van der Waals surface area contributed by atoms with Crippen molar-refractivity contribution >= 4 is 42.5 Å². The summed E-state index contributed by atoms with van der Waals surface area (Å²) in [5.41, 5.74) is 0.512. The minimum Gasteiger partial charge on any atom is -0.441 e. The lowest BCUT2D eigenvalue weighted by Gasteiger charge is -2.35. The van der Waals surface area contributed by atoms with Crippen LogP contribution >= 0.6 is 24.8 Å². The standard InChI is InChI=1S/C22H22FN7O2.2ClH/c23-18-4-1-3-16(26-18)17-6-7-19(28-27-17)24-13-15-8-10-22(11-9-15)14-30(21(31)32-22)20-5-2-12-25-29-20;;/h1-7,12,15H,8-11,13-14H2,(H,24,28);2*1H/t15-,22-;;. The third kappa shape index (κ3) is 5.51. The average molecular weight is 508 g/mol. The second-order valence-corrected chi connectivity index (χ2v) is 8.19. The third-order valence-corrected chi connectivity index (χ3v) is 6.04. The molecule has 1 aliphatic carbocycles. The van der Waals surface area contributed by atoms with Gasteiger partial charge in [-0.05, 0) is 68.0 Å². The van der Waals surface area contributed by atoms with E-state index < -0.39 is 11.5 Å². The highest BCUT2D eigenvalue weighted by Crippen LogP contribution is 2.40. The predicted molar refractivity (Wildman–Crippen MR) is 129 cm³/mol. The molecular weight excluding hydrogens is 484 g/mol. The minimum absolute atomic E-state index is 0. The molecule has 1 saturated heterocycles. The van der Waals surface area contributed by atoms with Crippen LogP contribution in [0.2, 0.25) is 0 Å². The molecule has 1 aliphatic heterocycles. The first-order valence-electron chi connectivity index (χ1n) is 10.6. The molecule has 1 N–H and O–H groups in total. The zero-order valence-corrected chi connectivity index (χ0v) is 19.8. The summed E-state index contributed by atoms with van der Waals surface area (Å²) in [6.45, 7) is 1.26. The molecular formula is C22H24Cl2FN7O2. The number of rotatable bonds is 5. The monoisotopic (exact) mass is 507 g/mol. The van der Waals surface area contributed by atoms with E-state index in [9.17, 15) is 9.18 Å². The summed E-state index contributed by atoms with van der Waals surface area (Å²) >= 11 is 0. The topological polar surface area (TPSA) is 106 Å². The molecule has 5 rings (SSSR count). The Balaban J connectivity index is 0.00000162. The number of carbonyl (C=O) groups excluding carboxylic acids is 1. The molecule has 3 aromatic rings. The zero-order chi connectivity index (χ0) is 22.0. The number of amides is 1. The average Bonchev–Trinajstić information content (AvgIpc) is 3.15. The Hall–Kier alpha value is -3.11. The van der Waals surface area contributed by atoms with Crippen molar-refractivity contribution in [2.45, 2.75) is 31.3 Å². The van der Waals surface area contributed by atoms with E-state index in [1.165, 1.54) is 6.07 Å². The Morgan fingerprint density at radius 1 is 1.03 bits per heavy atom. The molecule has 2 fully saturated rings. The van der Waals surface area contributed by atoms with Crippen molar-refractivity contribution < 1.29 is 13.9 Å². The van der Waals surface area contributed by atoms with Gasteiger partial charge in [-0.15, -0.1) is 40.1 Å². The molecule has 1 spiro atoms. The van der Waals surface area contributed by atoms with E-state index in [1.807, 2.05) is 6.07 Å². The summed E-state index contributed by atoms with van der Waals surface area (Å²) in [5, 5.41) is 19.5. The van der Waals surface area contributed by atoms with E-state index in [1.54, 1.807) is 41.4 Å². The zero-order valence-electron chi connectivity index (χ0n) is 18.1. The number of nitrogens with one attached hydrogen (secondary N) is 1. The van der Waals surface area contributed by atoms with E-state index in [0.717, 1.165) is 32.2 Å². The summed E-state index contributed by atoms with van der Waals surface area (Å²) in [4.78, 5) is 17.8. The lowest BCUT2D eigenvalue weighted by molar-refractivity contribution is 0.0148. The molecule has 1 saturated carbocycles. The largest absolute Gasteiger partial charge is 0.441 e. The van der Waals surface area contributed by atoms with Gasteiger partial charge in [-0.3, -0.25) is 4.90 Å². The van der Waals surface area contributed by atoms with Gasteiger partial charge in [0.05, 0.1) is 12.2 Å². The first kappa shape index (κ1) is 25.5. The van der Waals surface area contributed by atoms with Crippen molar-refractivity contribution in [3.05, 3.63) is 54.6 Å². The fourth-order valence-electron chi connectivity index (χ4n) is 4.27. The Morgan fingerprint density at radius 2 is 1.85 bits per heavy atom. The number of aromatic nitrogens is 5. The number of nitrogens with zero attached hydrogens (tertiary/aromatic N) is 6. The van der Waals surface area contributed by atoms with Crippen molar-refractivity contribution in [2.75, 3.05) is 23.3 Å². The van der Waals surface area contributed by atoms with Crippen LogP contribution in [0.15, 0.2) is 48.7 Å². The smallest absolute Gasteiger partial charge is 0.416 e. The quantitative estimate of drug-likeness (QED) is 0.509. The molecule has 1 amide bonds. The number of halogens is 3. The summed E-state index contributed by atoms with van der Waals surface area (Å²) in [6, 6.07) is 11.7. The SMILES string of the molecule is Cl.Cl.O=C1O[C@]2(CC[C@H](CNc3ccc(-c4cccc(F)n4)nn3)CC2)CN1c1cccnn1. The summed E-state index contributed by atoms with van der Waals surface area (Å²) < 4.78 is 19.1. The van der Waals surface area contributed by atoms with Crippen LogP contribution in [0.4, 0.5) is 20.8 Å². The predicted octanol–water partition coefficient (Wildman–Crippen LogP) is 4.31. The molecule has 9 nitrogen and oxygen atoms in total. The van der Waals surface area contributed by atoms with Crippen LogP contribution in [0.3, 0.4) is 0 Å². The molecule has 12 heteroatoms. The van der Waals surface area contributed by atoms with Crippen molar-refractivity contribution in [3.8, 4) is 11.4 Å². The minimum atomic E-state index is -0.547. The summed E-state index contributed by atoms with van der Waals surface area (Å²) in [7, 11) is 0. The molecule has 0 radical (unpaired) electrons. The number of hydrogen-bond donors (Lipinski definition) is 1. The van der Waals surface area contributed by atoms with E-state index >= 15 is 0 Å². The number of anilines is 2. The third-order valence-electron chi connectivity index (χ3n) is 6.04. The van der Waals surface area contributed by atoms with Crippen molar-refractivity contribution in [1.82, 2.24) is 25.4 Å². The van der Waals surface area contributed by atoms with Gasteiger partial charge in [0.1, 0.15) is 17.1 Å². The van der Waals surface area contributed by atoms with Gasteiger partial charge in [0.15, 0.2) is 5.82 Å². The first-order chi connectivity index (χ1) is 15.6. The second-order valence-electron chi connectivity index (χ2n) is 8.19. The number of ether oxygens (including phenoxy) is 1. The molecule has 180 valence electrons. The van der Waals surface area contributed by atoms with E-state index in [2.05, 4.69) is 30.7 Å². The number of pyridine rings is 1. The molecule has 0 unspecified atom stereocenters. The Bertz CT molecular complexity index is 1100. The highest BCUT2D eigenvalue weighted by molar-refractivity contribution is 5.89. The normalized spacial score (nSPS) is 21.4. The fourth-order valence-corrected chi connectivity index (χ4v) is 4.27. The summed E-state index contributed by atoms with van der Waals surface area (Å²) in [6.07, 6.45) is 4.70. The van der Waals surface area contributed by atoms with Crippen LogP contribution in [-0.2, 0) is 4.74 Å². The number of carbonyl (C=O) groups is 1. The molecule has 0 atom stereocenters. The van der Waals surface area contributed by atoms with E-state index in [0.29, 0.717) is 35.5 Å². The van der Waals surface area contributed by atoms with Gasteiger partial charge < -0.3 is 10.1 Å². The van der Waals surface area contributed by atoms with E-state index in [4.69, 9.17) is 4.74 Å².